The maximum atomic E-state index is 6.14. The lowest BCUT2D eigenvalue weighted by Crippen LogP contribution is -1.96. The van der Waals surface area contributed by atoms with E-state index in [1.165, 1.54) is 0 Å². The lowest BCUT2D eigenvalue weighted by molar-refractivity contribution is 0.516. The zero-order chi connectivity index (χ0) is 11.0. The third kappa shape index (κ3) is 1.49. The van der Waals surface area contributed by atoms with E-state index in [9.17, 15) is 0 Å². The van der Waals surface area contributed by atoms with Gasteiger partial charge in [0.05, 0.1) is 24.4 Å². The SMILES string of the molecule is Clc1cccc2cnc(Cc3ccco3)n12. The minimum atomic E-state index is 0.644. The van der Waals surface area contributed by atoms with Gasteiger partial charge in [0.15, 0.2) is 0 Å². The van der Waals surface area contributed by atoms with Gasteiger partial charge < -0.3 is 4.42 Å². The van der Waals surface area contributed by atoms with E-state index >= 15 is 0 Å². The highest BCUT2D eigenvalue weighted by molar-refractivity contribution is 6.29. The monoisotopic (exact) mass is 232 g/mol. The number of rotatable bonds is 2. The molecule has 0 saturated carbocycles. The van der Waals surface area contributed by atoms with Crippen LogP contribution in [0.2, 0.25) is 5.15 Å². The van der Waals surface area contributed by atoms with Crippen LogP contribution in [0.3, 0.4) is 0 Å². The van der Waals surface area contributed by atoms with Crippen LogP contribution in [0.25, 0.3) is 5.52 Å². The highest BCUT2D eigenvalue weighted by atomic mass is 35.5. The van der Waals surface area contributed by atoms with Crippen LogP contribution in [0, 0.1) is 0 Å². The van der Waals surface area contributed by atoms with Crippen molar-refractivity contribution in [1.82, 2.24) is 9.38 Å². The molecule has 0 radical (unpaired) electrons. The molecule has 80 valence electrons. The second kappa shape index (κ2) is 3.68. The summed E-state index contributed by atoms with van der Waals surface area (Å²) >= 11 is 6.14. The summed E-state index contributed by atoms with van der Waals surface area (Å²) in [6.07, 6.45) is 4.11. The Bertz CT molecular complexity index is 613. The standard InChI is InChI=1S/C12H9ClN2O/c13-11-5-1-3-9-8-14-12(15(9)11)7-10-4-2-6-16-10/h1-6,8H,7H2. The van der Waals surface area contributed by atoms with Gasteiger partial charge in [0, 0.05) is 0 Å². The summed E-state index contributed by atoms with van der Waals surface area (Å²) in [5, 5.41) is 0.663. The first-order chi connectivity index (χ1) is 7.84. The Morgan fingerprint density at radius 2 is 2.19 bits per heavy atom. The molecule has 0 spiro atoms. The molecule has 4 heteroatoms. The minimum absolute atomic E-state index is 0.644. The lowest BCUT2D eigenvalue weighted by atomic mass is 10.3. The average molecular weight is 233 g/mol. The predicted octanol–water partition coefficient (Wildman–Crippen LogP) is 3.17. The molecule has 0 saturated heterocycles. The third-order valence-electron chi connectivity index (χ3n) is 2.49. The van der Waals surface area contributed by atoms with Crippen molar-refractivity contribution in [2.45, 2.75) is 6.42 Å². The topological polar surface area (TPSA) is 30.4 Å². The van der Waals surface area contributed by atoms with Crippen LogP contribution in [0.5, 0.6) is 0 Å². The minimum Gasteiger partial charge on any atom is -0.469 e. The van der Waals surface area contributed by atoms with Gasteiger partial charge in [-0.1, -0.05) is 17.7 Å². The smallest absolute Gasteiger partial charge is 0.122 e. The molecule has 0 amide bonds. The molecule has 3 nitrogen and oxygen atoms in total. The molecular weight excluding hydrogens is 224 g/mol. The number of halogens is 1. The van der Waals surface area contributed by atoms with E-state index in [0.29, 0.717) is 11.6 Å². The number of pyridine rings is 1. The maximum Gasteiger partial charge on any atom is 0.122 e. The van der Waals surface area contributed by atoms with E-state index in [-0.39, 0.29) is 0 Å². The molecule has 3 heterocycles. The van der Waals surface area contributed by atoms with Crippen LogP contribution in [0.4, 0.5) is 0 Å². The van der Waals surface area contributed by atoms with Gasteiger partial charge in [-0.15, -0.1) is 0 Å². The molecule has 0 aliphatic rings. The highest BCUT2D eigenvalue weighted by Crippen LogP contribution is 2.17. The number of aromatic nitrogens is 2. The molecule has 3 aromatic heterocycles. The lowest BCUT2D eigenvalue weighted by Gasteiger charge is -2.01. The van der Waals surface area contributed by atoms with Crippen LogP contribution in [-0.4, -0.2) is 9.38 Å². The number of nitrogens with zero attached hydrogens (tertiary/aromatic N) is 2. The quantitative estimate of drug-likeness (QED) is 0.636. The number of fused-ring (bicyclic) bond motifs is 1. The summed E-state index contributed by atoms with van der Waals surface area (Å²) < 4.78 is 7.22. The molecule has 0 fully saturated rings. The van der Waals surface area contributed by atoms with Crippen molar-refractivity contribution in [3.63, 3.8) is 0 Å². The second-order valence-corrected chi connectivity index (χ2v) is 3.93. The van der Waals surface area contributed by atoms with E-state index in [1.807, 2.05) is 40.9 Å². The fourth-order valence-corrected chi connectivity index (χ4v) is 2.03. The summed E-state index contributed by atoms with van der Waals surface area (Å²) in [4.78, 5) is 4.35. The van der Waals surface area contributed by atoms with Crippen LogP contribution in [0.1, 0.15) is 11.6 Å². The average Bonchev–Trinajstić information content (AvgIpc) is 2.90. The maximum absolute atomic E-state index is 6.14. The predicted molar refractivity (Wildman–Crippen MR) is 61.7 cm³/mol. The van der Waals surface area contributed by atoms with Crippen LogP contribution < -0.4 is 0 Å². The third-order valence-corrected chi connectivity index (χ3v) is 2.78. The van der Waals surface area contributed by atoms with Crippen LogP contribution >= 0.6 is 11.6 Å². The van der Waals surface area contributed by atoms with Crippen molar-refractivity contribution < 1.29 is 4.42 Å². The normalized spacial score (nSPS) is 11.1. The summed E-state index contributed by atoms with van der Waals surface area (Å²) in [7, 11) is 0. The van der Waals surface area contributed by atoms with Gasteiger partial charge in [-0.05, 0) is 24.3 Å². The first kappa shape index (κ1) is 9.48. The number of hydrogen-bond donors (Lipinski definition) is 0. The van der Waals surface area contributed by atoms with E-state index < -0.39 is 0 Å². The Labute approximate surface area is 97.3 Å². The summed E-state index contributed by atoms with van der Waals surface area (Å²) in [6, 6.07) is 9.53. The molecular formula is C12H9ClN2O. The van der Waals surface area contributed by atoms with Crippen molar-refractivity contribution in [1.29, 1.82) is 0 Å². The molecule has 3 rings (SSSR count). The number of hydrogen-bond acceptors (Lipinski definition) is 2. The Balaban J connectivity index is 2.10. The van der Waals surface area contributed by atoms with Crippen LogP contribution in [-0.2, 0) is 6.42 Å². The van der Waals surface area contributed by atoms with Crippen LogP contribution in [0.15, 0.2) is 47.2 Å². The first-order valence-corrected chi connectivity index (χ1v) is 5.35. The summed E-state index contributed by atoms with van der Waals surface area (Å²) in [6.45, 7) is 0. The van der Waals surface area contributed by atoms with Gasteiger partial charge in [0.1, 0.15) is 16.7 Å². The molecule has 0 unspecified atom stereocenters. The summed E-state index contributed by atoms with van der Waals surface area (Å²) in [5.74, 6) is 1.77. The van der Waals surface area contributed by atoms with E-state index in [0.717, 1.165) is 17.1 Å². The van der Waals surface area contributed by atoms with Crippen molar-refractivity contribution in [2.75, 3.05) is 0 Å². The molecule has 0 aliphatic heterocycles. The Hall–Kier alpha value is -1.74. The van der Waals surface area contributed by atoms with Gasteiger partial charge in [0.2, 0.25) is 0 Å². The van der Waals surface area contributed by atoms with Crippen molar-refractivity contribution in [3.05, 3.63) is 59.5 Å². The second-order valence-electron chi connectivity index (χ2n) is 3.54. The van der Waals surface area contributed by atoms with Crippen molar-refractivity contribution >= 4 is 17.1 Å². The Morgan fingerprint density at radius 1 is 1.25 bits per heavy atom. The van der Waals surface area contributed by atoms with Gasteiger partial charge in [-0.3, -0.25) is 4.40 Å². The molecule has 0 bridgehead atoms. The zero-order valence-electron chi connectivity index (χ0n) is 8.43. The fraction of sp³-hybridized carbons (Fsp3) is 0.0833. The van der Waals surface area contributed by atoms with Gasteiger partial charge in [0.25, 0.3) is 0 Å². The Kier molecular flexibility index (Phi) is 2.18. The van der Waals surface area contributed by atoms with Crippen molar-refractivity contribution in [3.8, 4) is 0 Å². The van der Waals surface area contributed by atoms with Gasteiger partial charge in [-0.25, -0.2) is 4.98 Å². The molecule has 0 aliphatic carbocycles. The number of imidazole rings is 1. The highest BCUT2D eigenvalue weighted by Gasteiger charge is 2.08. The largest absolute Gasteiger partial charge is 0.469 e. The molecule has 3 aromatic rings. The van der Waals surface area contributed by atoms with Gasteiger partial charge >= 0.3 is 0 Å². The van der Waals surface area contributed by atoms with Crippen molar-refractivity contribution in [2.24, 2.45) is 0 Å². The van der Waals surface area contributed by atoms with E-state index in [2.05, 4.69) is 4.98 Å². The fourth-order valence-electron chi connectivity index (χ4n) is 1.76. The molecule has 0 aromatic carbocycles. The zero-order valence-corrected chi connectivity index (χ0v) is 9.19. The van der Waals surface area contributed by atoms with E-state index in [4.69, 9.17) is 16.0 Å². The molecule has 0 N–H and O–H groups in total. The van der Waals surface area contributed by atoms with Gasteiger partial charge in [-0.2, -0.15) is 0 Å². The number of furan rings is 1. The first-order valence-electron chi connectivity index (χ1n) is 4.98. The molecule has 0 atom stereocenters. The molecule has 16 heavy (non-hydrogen) atoms. The Morgan fingerprint density at radius 3 is 3.00 bits per heavy atom. The summed E-state index contributed by atoms with van der Waals surface area (Å²) in [5.41, 5.74) is 0.994. The van der Waals surface area contributed by atoms with E-state index in [1.54, 1.807) is 6.26 Å².